The number of amides is 2. The molecule has 50 heavy (non-hydrogen) atoms. The molecule has 11 heteroatoms. The molecule has 0 saturated heterocycles. The molecule has 1 saturated carbocycles. The fourth-order valence-electron chi connectivity index (χ4n) is 7.70. The molecule has 2 amide bonds. The summed E-state index contributed by atoms with van der Waals surface area (Å²) in [5, 5.41) is 13.9. The van der Waals surface area contributed by atoms with Crippen molar-refractivity contribution in [3.8, 4) is 11.8 Å². The van der Waals surface area contributed by atoms with Crippen molar-refractivity contribution in [3.05, 3.63) is 94.0 Å². The van der Waals surface area contributed by atoms with Crippen molar-refractivity contribution in [2.24, 2.45) is 17.8 Å². The Kier molecular flexibility index (Phi) is 10.8. The molecule has 5 atom stereocenters. The van der Waals surface area contributed by atoms with Gasteiger partial charge in [0.25, 0.3) is 11.8 Å². The molecule has 0 unspecified atom stereocenters. The molecule has 3 aliphatic rings. The maximum Gasteiger partial charge on any atom is 0.264 e. The highest BCUT2D eigenvalue weighted by atomic mass is 35.5. The molecule has 3 aromatic rings. The summed E-state index contributed by atoms with van der Waals surface area (Å²) in [4.78, 5) is 29.4. The third-order valence-electron chi connectivity index (χ3n) is 11.1. The lowest BCUT2D eigenvalue weighted by atomic mass is 9.61. The van der Waals surface area contributed by atoms with Crippen LogP contribution in [0.25, 0.3) is 0 Å². The summed E-state index contributed by atoms with van der Waals surface area (Å²) in [5.74, 6) is -0.735. The van der Waals surface area contributed by atoms with E-state index >= 15 is 0 Å². The first-order valence-electron chi connectivity index (χ1n) is 17.6. The van der Waals surface area contributed by atoms with Crippen LogP contribution >= 0.6 is 11.6 Å². The zero-order valence-electron chi connectivity index (χ0n) is 28.7. The quantitative estimate of drug-likeness (QED) is 0.291. The van der Waals surface area contributed by atoms with Gasteiger partial charge >= 0.3 is 0 Å². The first-order valence-corrected chi connectivity index (χ1v) is 19.6. The second kappa shape index (κ2) is 15.0. The Morgan fingerprint density at radius 1 is 1.02 bits per heavy atom. The van der Waals surface area contributed by atoms with Crippen LogP contribution in [-0.2, 0) is 23.1 Å². The van der Waals surface area contributed by atoms with E-state index in [0.717, 1.165) is 43.2 Å². The topological polar surface area (TPSA) is 129 Å². The van der Waals surface area contributed by atoms with Crippen LogP contribution in [0.5, 0.6) is 5.75 Å². The van der Waals surface area contributed by atoms with Gasteiger partial charge in [-0.1, -0.05) is 42.8 Å². The summed E-state index contributed by atoms with van der Waals surface area (Å²) in [7, 11) is -4.02. The van der Waals surface area contributed by atoms with Gasteiger partial charge in [-0.25, -0.2) is 13.1 Å². The van der Waals surface area contributed by atoms with Gasteiger partial charge in [0.2, 0.25) is 10.0 Å². The number of halogens is 1. The highest BCUT2D eigenvalue weighted by Crippen LogP contribution is 2.46. The molecule has 6 rings (SSSR count). The zero-order chi connectivity index (χ0) is 35.5. The molecule has 0 radical (unpaired) electrons. The smallest absolute Gasteiger partial charge is 0.264 e. The van der Waals surface area contributed by atoms with Gasteiger partial charge in [0.05, 0.1) is 17.0 Å². The molecule has 9 nitrogen and oxygen atoms in total. The first-order chi connectivity index (χ1) is 24.0. The molecule has 2 N–H and O–H groups in total. The zero-order valence-corrected chi connectivity index (χ0v) is 30.2. The number of nitrogens with zero attached hydrogens (tertiary/aromatic N) is 2. The van der Waals surface area contributed by atoms with E-state index in [1.807, 2.05) is 31.2 Å². The van der Waals surface area contributed by atoms with Crippen LogP contribution < -0.4 is 19.7 Å². The van der Waals surface area contributed by atoms with E-state index < -0.39 is 26.7 Å². The fourth-order valence-corrected chi connectivity index (χ4v) is 9.20. The molecule has 0 spiro atoms. The predicted octanol–water partition coefficient (Wildman–Crippen LogP) is 7.05. The standard InChI is InChI=1S/C39H45ClN4O5S/c1-26-9-8-19-39(25-41,42-37(45)28-10-4-3-5-11-28)34-17-14-31(34)23-44-20-7-6-12-29-21-33(40)16-13-32(29)24-49-36-18-15-30(22-35(36)44)38(46)43-50(47,48)27(26)2/h3-5,10-11,13,15-16,18,21-22,26-27,31,34H,6-9,12,14,17,19-20,23-24H2,1-2H3,(H,42,45)(H,43,46)/t26-,27+,31-,34+,39+/m0/s1. The summed E-state index contributed by atoms with van der Waals surface area (Å²) in [6, 6.07) is 22.4. The van der Waals surface area contributed by atoms with Crippen molar-refractivity contribution >= 4 is 39.1 Å². The van der Waals surface area contributed by atoms with E-state index in [1.165, 1.54) is 0 Å². The van der Waals surface area contributed by atoms with Crippen molar-refractivity contribution < 1.29 is 22.7 Å². The second-order valence-electron chi connectivity index (χ2n) is 14.2. The Morgan fingerprint density at radius 2 is 1.82 bits per heavy atom. The maximum atomic E-state index is 13.6. The molecular weight excluding hydrogens is 672 g/mol. The number of rotatable bonds is 2. The van der Waals surface area contributed by atoms with E-state index in [1.54, 1.807) is 49.4 Å². The van der Waals surface area contributed by atoms with Crippen LogP contribution in [0.3, 0.4) is 0 Å². The van der Waals surface area contributed by atoms with Crippen LogP contribution in [-0.4, -0.2) is 44.1 Å². The molecule has 2 bridgehead atoms. The van der Waals surface area contributed by atoms with Crippen LogP contribution in [0.1, 0.15) is 90.6 Å². The minimum Gasteiger partial charge on any atom is -0.487 e. The Labute approximate surface area is 300 Å². The van der Waals surface area contributed by atoms with Crippen LogP contribution in [0.2, 0.25) is 5.02 Å². The van der Waals surface area contributed by atoms with E-state index in [9.17, 15) is 23.3 Å². The van der Waals surface area contributed by atoms with Gasteiger partial charge in [-0.2, -0.15) is 5.26 Å². The minimum atomic E-state index is -4.02. The number of anilines is 1. The minimum absolute atomic E-state index is 0.0850. The van der Waals surface area contributed by atoms with Crippen molar-refractivity contribution in [1.82, 2.24) is 10.0 Å². The van der Waals surface area contributed by atoms with Crippen molar-refractivity contribution in [1.29, 1.82) is 5.26 Å². The largest absolute Gasteiger partial charge is 0.487 e. The number of aryl methyl sites for hydroxylation is 1. The lowest BCUT2D eigenvalue weighted by Gasteiger charge is -2.49. The van der Waals surface area contributed by atoms with Gasteiger partial charge in [-0.05, 0) is 124 Å². The van der Waals surface area contributed by atoms with Gasteiger partial charge in [-0.15, -0.1) is 0 Å². The summed E-state index contributed by atoms with van der Waals surface area (Å²) < 4.78 is 35.7. The highest BCUT2D eigenvalue weighted by molar-refractivity contribution is 7.90. The van der Waals surface area contributed by atoms with Crippen molar-refractivity contribution in [2.75, 3.05) is 18.0 Å². The summed E-state index contributed by atoms with van der Waals surface area (Å²) >= 11 is 6.36. The number of nitriles is 1. The molecule has 0 aromatic heterocycles. The Bertz CT molecular complexity index is 1880. The second-order valence-corrected chi connectivity index (χ2v) is 16.7. The monoisotopic (exact) mass is 716 g/mol. The third-order valence-corrected chi connectivity index (χ3v) is 13.2. The van der Waals surface area contributed by atoms with Gasteiger partial charge in [-0.3, -0.25) is 9.59 Å². The Morgan fingerprint density at radius 3 is 2.56 bits per heavy atom. The molecule has 2 heterocycles. The number of carbonyl (C=O) groups is 2. The summed E-state index contributed by atoms with van der Waals surface area (Å²) in [6.07, 6.45) is 5.67. The maximum absolute atomic E-state index is 13.6. The van der Waals surface area contributed by atoms with E-state index in [-0.39, 0.29) is 29.2 Å². The van der Waals surface area contributed by atoms with E-state index in [2.05, 4.69) is 21.0 Å². The normalized spacial score (nSPS) is 27.0. The number of benzene rings is 3. The molecule has 3 aromatic carbocycles. The first kappa shape index (κ1) is 35.7. The third kappa shape index (κ3) is 7.64. The predicted molar refractivity (Wildman–Crippen MR) is 195 cm³/mol. The van der Waals surface area contributed by atoms with Gasteiger partial charge in [0.15, 0.2) is 0 Å². The number of sulfonamides is 1. The van der Waals surface area contributed by atoms with E-state index in [0.29, 0.717) is 61.0 Å². The van der Waals surface area contributed by atoms with Crippen molar-refractivity contribution in [2.45, 2.75) is 82.6 Å². The average molecular weight is 717 g/mol. The van der Waals surface area contributed by atoms with Crippen LogP contribution in [0, 0.1) is 29.1 Å². The molecule has 2 aliphatic heterocycles. The molecular formula is C39H45ClN4O5S. The Hall–Kier alpha value is -4.07. The van der Waals surface area contributed by atoms with Gasteiger partial charge in [0, 0.05) is 35.2 Å². The molecule has 1 fully saturated rings. The average Bonchev–Trinajstić information content (AvgIpc) is 3.12. The number of fused-ring (bicyclic) bond motifs is 3. The molecule has 264 valence electrons. The number of carbonyl (C=O) groups excluding carboxylic acids is 2. The van der Waals surface area contributed by atoms with Crippen LogP contribution in [0.15, 0.2) is 66.7 Å². The van der Waals surface area contributed by atoms with E-state index in [4.69, 9.17) is 16.3 Å². The summed E-state index contributed by atoms with van der Waals surface area (Å²) in [5.41, 5.74) is 2.44. The lowest BCUT2D eigenvalue weighted by Crippen LogP contribution is -2.59. The van der Waals surface area contributed by atoms with Gasteiger partial charge in [0.1, 0.15) is 17.9 Å². The number of nitrogens with one attached hydrogen (secondary N) is 2. The SMILES string of the molecule is C[C@@H]1[C@@H](C)CCC[C@](C#N)(NC(=O)c2ccccc2)[C@@H]2CC[C@H]2CN2CCCCc3cc(Cl)ccc3COc3ccc(cc32)C(=O)NS1(=O)=O. The lowest BCUT2D eigenvalue weighted by molar-refractivity contribution is 0.0645. The highest BCUT2D eigenvalue weighted by Gasteiger charge is 2.49. The summed E-state index contributed by atoms with van der Waals surface area (Å²) in [6.45, 7) is 5.00. The Balaban J connectivity index is 1.41. The fraction of sp³-hybridized carbons (Fsp3) is 0.462. The van der Waals surface area contributed by atoms with Crippen LogP contribution in [0.4, 0.5) is 5.69 Å². The number of ether oxygens (including phenoxy) is 1. The number of hydrogen-bond donors (Lipinski definition) is 2. The van der Waals surface area contributed by atoms with Gasteiger partial charge < -0.3 is 15.0 Å². The number of hydrogen-bond acceptors (Lipinski definition) is 7. The molecule has 1 aliphatic carbocycles. The van der Waals surface area contributed by atoms with Crippen molar-refractivity contribution in [3.63, 3.8) is 0 Å².